The first kappa shape index (κ1) is 12.5. The average molecular weight is 269 g/mol. The Hall–Kier alpha value is -2.56. The van der Waals surface area contributed by atoms with Crippen molar-refractivity contribution >= 4 is 16.9 Å². The SMILES string of the molecule is CC(=O)NCCn1ccnc1-c1cc2ccccc2o1. The summed E-state index contributed by atoms with van der Waals surface area (Å²) in [5.74, 6) is 1.47. The van der Waals surface area contributed by atoms with Crippen molar-refractivity contribution in [2.24, 2.45) is 0 Å². The number of carbonyl (C=O) groups is 1. The minimum Gasteiger partial charge on any atom is -0.453 e. The van der Waals surface area contributed by atoms with Crippen LogP contribution in [-0.2, 0) is 11.3 Å². The molecule has 3 rings (SSSR count). The van der Waals surface area contributed by atoms with Gasteiger partial charge in [-0.05, 0) is 12.1 Å². The van der Waals surface area contributed by atoms with Crippen LogP contribution in [-0.4, -0.2) is 22.0 Å². The maximum absolute atomic E-state index is 10.9. The summed E-state index contributed by atoms with van der Waals surface area (Å²) in [4.78, 5) is 15.2. The van der Waals surface area contributed by atoms with Gasteiger partial charge in [0.25, 0.3) is 0 Å². The Labute approximate surface area is 116 Å². The topological polar surface area (TPSA) is 60.1 Å². The molecule has 0 spiro atoms. The lowest BCUT2D eigenvalue weighted by Gasteiger charge is -2.06. The molecule has 1 aromatic carbocycles. The van der Waals surface area contributed by atoms with Crippen molar-refractivity contribution in [3.8, 4) is 11.6 Å². The number of hydrogen-bond acceptors (Lipinski definition) is 3. The van der Waals surface area contributed by atoms with Gasteiger partial charge in [-0.15, -0.1) is 0 Å². The van der Waals surface area contributed by atoms with Gasteiger partial charge in [0, 0.05) is 37.8 Å². The molecule has 0 fully saturated rings. The van der Waals surface area contributed by atoms with Gasteiger partial charge in [0.15, 0.2) is 11.6 Å². The number of benzene rings is 1. The second-order valence-electron chi connectivity index (χ2n) is 4.58. The third kappa shape index (κ3) is 2.42. The van der Waals surface area contributed by atoms with Gasteiger partial charge >= 0.3 is 0 Å². The van der Waals surface area contributed by atoms with Crippen molar-refractivity contribution in [3.63, 3.8) is 0 Å². The fraction of sp³-hybridized carbons (Fsp3) is 0.200. The van der Waals surface area contributed by atoms with Crippen LogP contribution in [0, 0.1) is 0 Å². The Kier molecular flexibility index (Phi) is 3.25. The molecule has 2 aromatic heterocycles. The van der Waals surface area contributed by atoms with E-state index < -0.39 is 0 Å². The summed E-state index contributed by atoms with van der Waals surface area (Å²) >= 11 is 0. The molecule has 2 heterocycles. The van der Waals surface area contributed by atoms with E-state index in [1.807, 2.05) is 41.1 Å². The molecule has 5 nitrogen and oxygen atoms in total. The number of imidazole rings is 1. The van der Waals surface area contributed by atoms with Crippen molar-refractivity contribution in [2.45, 2.75) is 13.5 Å². The van der Waals surface area contributed by atoms with Gasteiger partial charge in [-0.1, -0.05) is 18.2 Å². The minimum atomic E-state index is -0.0320. The summed E-state index contributed by atoms with van der Waals surface area (Å²) < 4.78 is 7.78. The second-order valence-corrected chi connectivity index (χ2v) is 4.58. The van der Waals surface area contributed by atoms with E-state index in [9.17, 15) is 4.79 Å². The highest BCUT2D eigenvalue weighted by molar-refractivity contribution is 5.81. The van der Waals surface area contributed by atoms with E-state index in [1.54, 1.807) is 6.20 Å². The zero-order chi connectivity index (χ0) is 13.9. The van der Waals surface area contributed by atoms with Crippen LogP contribution in [0.3, 0.4) is 0 Å². The van der Waals surface area contributed by atoms with Crippen molar-refractivity contribution in [1.29, 1.82) is 0 Å². The molecule has 1 N–H and O–H groups in total. The highest BCUT2D eigenvalue weighted by Crippen LogP contribution is 2.26. The Morgan fingerprint density at radius 1 is 1.40 bits per heavy atom. The molecule has 0 aliphatic heterocycles. The number of para-hydroxylation sites is 1. The van der Waals surface area contributed by atoms with E-state index in [-0.39, 0.29) is 5.91 Å². The Bertz CT molecular complexity index is 709. The summed E-state index contributed by atoms with van der Waals surface area (Å²) in [6, 6.07) is 9.84. The molecular weight excluding hydrogens is 254 g/mol. The number of furan rings is 1. The lowest BCUT2D eigenvalue weighted by molar-refractivity contribution is -0.118. The summed E-state index contributed by atoms with van der Waals surface area (Å²) in [6.45, 7) is 2.74. The zero-order valence-electron chi connectivity index (χ0n) is 11.2. The van der Waals surface area contributed by atoms with Crippen LogP contribution in [0.4, 0.5) is 0 Å². The van der Waals surface area contributed by atoms with Crippen LogP contribution in [0.2, 0.25) is 0 Å². The number of carbonyl (C=O) groups excluding carboxylic acids is 1. The fourth-order valence-corrected chi connectivity index (χ4v) is 2.16. The number of aromatic nitrogens is 2. The molecule has 0 unspecified atom stereocenters. The first-order valence-corrected chi connectivity index (χ1v) is 6.48. The number of hydrogen-bond donors (Lipinski definition) is 1. The Morgan fingerprint density at radius 3 is 3.05 bits per heavy atom. The number of rotatable bonds is 4. The zero-order valence-corrected chi connectivity index (χ0v) is 11.2. The molecule has 0 aliphatic rings. The van der Waals surface area contributed by atoms with Crippen molar-refractivity contribution in [1.82, 2.24) is 14.9 Å². The van der Waals surface area contributed by atoms with Gasteiger partial charge in [-0.2, -0.15) is 0 Å². The number of nitrogens with one attached hydrogen (secondary N) is 1. The first-order valence-electron chi connectivity index (χ1n) is 6.48. The quantitative estimate of drug-likeness (QED) is 0.791. The van der Waals surface area contributed by atoms with E-state index in [2.05, 4.69) is 10.3 Å². The Morgan fingerprint density at radius 2 is 2.25 bits per heavy atom. The molecule has 0 saturated carbocycles. The van der Waals surface area contributed by atoms with Crippen molar-refractivity contribution in [2.75, 3.05) is 6.54 Å². The lowest BCUT2D eigenvalue weighted by atomic mass is 10.2. The van der Waals surface area contributed by atoms with E-state index in [0.717, 1.165) is 22.6 Å². The summed E-state index contributed by atoms with van der Waals surface area (Å²) in [7, 11) is 0. The Balaban J connectivity index is 1.86. The van der Waals surface area contributed by atoms with Gasteiger partial charge < -0.3 is 14.3 Å². The van der Waals surface area contributed by atoms with Gasteiger partial charge in [-0.3, -0.25) is 4.79 Å². The third-order valence-electron chi connectivity index (χ3n) is 3.09. The monoisotopic (exact) mass is 269 g/mol. The van der Waals surface area contributed by atoms with Crippen molar-refractivity contribution < 1.29 is 9.21 Å². The van der Waals surface area contributed by atoms with Crippen LogP contribution >= 0.6 is 0 Å². The van der Waals surface area contributed by atoms with Gasteiger partial charge in [0.1, 0.15) is 5.58 Å². The predicted molar refractivity (Wildman–Crippen MR) is 76.1 cm³/mol. The van der Waals surface area contributed by atoms with Crippen LogP contribution in [0.5, 0.6) is 0 Å². The van der Waals surface area contributed by atoms with Gasteiger partial charge in [-0.25, -0.2) is 4.98 Å². The van der Waals surface area contributed by atoms with E-state index in [1.165, 1.54) is 6.92 Å². The van der Waals surface area contributed by atoms with E-state index in [0.29, 0.717) is 13.1 Å². The highest BCUT2D eigenvalue weighted by atomic mass is 16.3. The molecule has 0 bridgehead atoms. The second kappa shape index (κ2) is 5.21. The minimum absolute atomic E-state index is 0.0320. The van der Waals surface area contributed by atoms with E-state index >= 15 is 0 Å². The molecule has 5 heteroatoms. The third-order valence-corrected chi connectivity index (χ3v) is 3.09. The van der Waals surface area contributed by atoms with Crippen LogP contribution < -0.4 is 5.32 Å². The fourth-order valence-electron chi connectivity index (χ4n) is 2.16. The van der Waals surface area contributed by atoms with Crippen LogP contribution in [0.15, 0.2) is 47.1 Å². The molecule has 0 saturated heterocycles. The molecule has 102 valence electrons. The number of nitrogens with zero attached hydrogens (tertiary/aromatic N) is 2. The normalized spacial score (nSPS) is 10.8. The van der Waals surface area contributed by atoms with Gasteiger partial charge in [0.05, 0.1) is 0 Å². The first-order chi connectivity index (χ1) is 9.74. The maximum atomic E-state index is 10.9. The van der Waals surface area contributed by atoms with Gasteiger partial charge in [0.2, 0.25) is 5.91 Å². The molecular formula is C15H15N3O2. The average Bonchev–Trinajstić information content (AvgIpc) is 3.03. The molecule has 3 aromatic rings. The van der Waals surface area contributed by atoms with Crippen LogP contribution in [0.25, 0.3) is 22.6 Å². The maximum Gasteiger partial charge on any atom is 0.216 e. The predicted octanol–water partition coefficient (Wildman–Crippen LogP) is 2.43. The summed E-state index contributed by atoms with van der Waals surface area (Å²) in [5, 5.41) is 3.83. The summed E-state index contributed by atoms with van der Waals surface area (Å²) in [5.41, 5.74) is 0.846. The summed E-state index contributed by atoms with van der Waals surface area (Å²) in [6.07, 6.45) is 3.61. The van der Waals surface area contributed by atoms with Crippen molar-refractivity contribution in [3.05, 3.63) is 42.7 Å². The molecule has 20 heavy (non-hydrogen) atoms. The largest absolute Gasteiger partial charge is 0.453 e. The molecule has 1 amide bonds. The highest BCUT2D eigenvalue weighted by Gasteiger charge is 2.11. The molecule has 0 atom stereocenters. The standard InChI is InChI=1S/C15H15N3O2/c1-11(19)16-6-8-18-9-7-17-15(18)14-10-12-4-2-3-5-13(12)20-14/h2-5,7,9-10H,6,8H2,1H3,(H,16,19). The van der Waals surface area contributed by atoms with E-state index in [4.69, 9.17) is 4.42 Å². The van der Waals surface area contributed by atoms with Crippen LogP contribution in [0.1, 0.15) is 6.92 Å². The number of amides is 1. The molecule has 0 radical (unpaired) electrons. The number of fused-ring (bicyclic) bond motifs is 1. The smallest absolute Gasteiger partial charge is 0.216 e. The molecule has 0 aliphatic carbocycles. The lowest BCUT2D eigenvalue weighted by Crippen LogP contribution is -2.24.